The molecular weight excluding hydrogens is 348 g/mol. The van der Waals surface area contributed by atoms with E-state index in [4.69, 9.17) is 0 Å². The second-order valence-electron chi connectivity index (χ2n) is 2.69. The van der Waals surface area contributed by atoms with Crippen molar-refractivity contribution in [1.29, 1.82) is 0 Å². The van der Waals surface area contributed by atoms with Crippen LogP contribution in [-0.4, -0.2) is 26.0 Å². The van der Waals surface area contributed by atoms with Crippen molar-refractivity contribution in [2.75, 3.05) is 0 Å². The topological polar surface area (TPSA) is 60.7 Å². The summed E-state index contributed by atoms with van der Waals surface area (Å²) in [6, 6.07) is 1.74. The van der Waals surface area contributed by atoms with Crippen molar-refractivity contribution in [3.05, 3.63) is 25.0 Å². The maximum absolute atomic E-state index is 12.0. The van der Waals surface area contributed by atoms with Crippen molar-refractivity contribution in [1.82, 2.24) is 20.2 Å². The van der Waals surface area contributed by atoms with Gasteiger partial charge in [0.2, 0.25) is 11.6 Å². The van der Waals surface area contributed by atoms with Crippen molar-refractivity contribution >= 4 is 49.0 Å². The molecule has 0 atom stereocenters. The summed E-state index contributed by atoms with van der Waals surface area (Å²) in [5, 5.41) is 10.7. The van der Waals surface area contributed by atoms with E-state index in [1.165, 1.54) is 16.0 Å². The van der Waals surface area contributed by atoms with Gasteiger partial charge in [0.05, 0.1) is 13.1 Å². The first kappa shape index (κ1) is 10.9. The SMILES string of the molecule is Cn1nnnc1C(=O)c1cc(Br)sc1Br. The third kappa shape index (κ3) is 2.01. The van der Waals surface area contributed by atoms with Crippen molar-refractivity contribution < 1.29 is 4.79 Å². The van der Waals surface area contributed by atoms with Crippen molar-refractivity contribution in [2.24, 2.45) is 7.05 Å². The molecule has 0 saturated carbocycles. The van der Waals surface area contributed by atoms with Gasteiger partial charge in [0, 0.05) is 7.05 Å². The second-order valence-corrected chi connectivity index (χ2v) is 6.44. The molecule has 15 heavy (non-hydrogen) atoms. The van der Waals surface area contributed by atoms with Gasteiger partial charge in [0.15, 0.2) is 0 Å². The van der Waals surface area contributed by atoms with Crippen LogP contribution in [0.15, 0.2) is 13.6 Å². The van der Waals surface area contributed by atoms with Gasteiger partial charge < -0.3 is 0 Å². The summed E-state index contributed by atoms with van der Waals surface area (Å²) in [6.07, 6.45) is 0. The van der Waals surface area contributed by atoms with Gasteiger partial charge in [0.1, 0.15) is 0 Å². The molecule has 2 aromatic rings. The summed E-state index contributed by atoms with van der Waals surface area (Å²) >= 11 is 8.06. The minimum atomic E-state index is -0.198. The average molecular weight is 352 g/mol. The number of hydrogen-bond acceptors (Lipinski definition) is 5. The lowest BCUT2D eigenvalue weighted by Crippen LogP contribution is -2.09. The standard InChI is InChI=1S/C7H4Br2N4OS/c1-13-7(10-11-12-13)5(14)3-2-4(8)15-6(3)9/h2H,1H3. The molecule has 0 N–H and O–H groups in total. The molecule has 0 radical (unpaired) electrons. The van der Waals surface area contributed by atoms with Crippen LogP contribution < -0.4 is 0 Å². The van der Waals surface area contributed by atoms with Crippen LogP contribution in [0.1, 0.15) is 16.2 Å². The molecule has 0 amide bonds. The molecule has 0 aliphatic rings. The van der Waals surface area contributed by atoms with E-state index in [-0.39, 0.29) is 11.6 Å². The zero-order valence-electron chi connectivity index (χ0n) is 7.44. The number of aryl methyl sites for hydroxylation is 1. The van der Waals surface area contributed by atoms with Gasteiger partial charge in [0.25, 0.3) is 0 Å². The fraction of sp³-hybridized carbons (Fsp3) is 0.143. The zero-order valence-corrected chi connectivity index (χ0v) is 11.4. The Hall–Kier alpha value is -0.600. The summed E-state index contributed by atoms with van der Waals surface area (Å²) in [5.41, 5.74) is 0.560. The highest BCUT2D eigenvalue weighted by Gasteiger charge is 2.20. The highest BCUT2D eigenvalue weighted by molar-refractivity contribution is 9.12. The molecule has 0 spiro atoms. The highest BCUT2D eigenvalue weighted by Crippen LogP contribution is 2.32. The normalized spacial score (nSPS) is 10.6. The number of aromatic nitrogens is 4. The summed E-state index contributed by atoms with van der Waals surface area (Å²) in [4.78, 5) is 12.0. The van der Waals surface area contributed by atoms with Gasteiger partial charge in [-0.25, -0.2) is 4.68 Å². The Morgan fingerprint density at radius 3 is 2.73 bits per heavy atom. The quantitative estimate of drug-likeness (QED) is 0.777. The molecular formula is C7H4Br2N4OS. The van der Waals surface area contributed by atoms with E-state index in [0.29, 0.717) is 5.56 Å². The number of carbonyl (C=O) groups excluding carboxylic acids is 1. The zero-order chi connectivity index (χ0) is 11.0. The number of hydrogen-bond donors (Lipinski definition) is 0. The van der Waals surface area contributed by atoms with E-state index in [1.807, 2.05) is 0 Å². The first-order chi connectivity index (χ1) is 7.09. The van der Waals surface area contributed by atoms with Crippen LogP contribution in [0.4, 0.5) is 0 Å². The van der Waals surface area contributed by atoms with Crippen LogP contribution in [0, 0.1) is 0 Å². The summed E-state index contributed by atoms with van der Waals surface area (Å²) in [7, 11) is 1.63. The molecule has 0 fully saturated rings. The van der Waals surface area contributed by atoms with Crippen LogP contribution in [0.25, 0.3) is 0 Å². The Balaban J connectivity index is 2.45. The smallest absolute Gasteiger partial charge is 0.233 e. The fourth-order valence-electron chi connectivity index (χ4n) is 1.04. The Morgan fingerprint density at radius 2 is 2.27 bits per heavy atom. The number of tetrazole rings is 1. The van der Waals surface area contributed by atoms with E-state index < -0.39 is 0 Å². The van der Waals surface area contributed by atoms with Crippen molar-refractivity contribution in [2.45, 2.75) is 0 Å². The molecule has 0 aliphatic carbocycles. The van der Waals surface area contributed by atoms with E-state index in [9.17, 15) is 4.79 Å². The van der Waals surface area contributed by atoms with Crippen LogP contribution in [0.5, 0.6) is 0 Å². The average Bonchev–Trinajstić information content (AvgIpc) is 2.71. The molecule has 0 unspecified atom stereocenters. The summed E-state index contributed by atoms with van der Waals surface area (Å²) in [5.74, 6) is 0.0253. The van der Waals surface area contributed by atoms with Gasteiger partial charge >= 0.3 is 0 Å². The second kappa shape index (κ2) is 4.11. The molecule has 2 aromatic heterocycles. The monoisotopic (exact) mass is 350 g/mol. The minimum absolute atomic E-state index is 0.198. The fourth-order valence-corrected chi connectivity index (χ4v) is 3.83. The van der Waals surface area contributed by atoms with Gasteiger partial charge in [-0.05, 0) is 48.4 Å². The number of ketones is 1. The number of thiophene rings is 1. The number of halogens is 2. The maximum atomic E-state index is 12.0. The molecule has 0 aromatic carbocycles. The highest BCUT2D eigenvalue weighted by atomic mass is 79.9. The lowest BCUT2D eigenvalue weighted by atomic mass is 10.2. The van der Waals surface area contributed by atoms with E-state index >= 15 is 0 Å². The number of nitrogens with zero attached hydrogens (tertiary/aromatic N) is 4. The molecule has 0 bridgehead atoms. The van der Waals surface area contributed by atoms with Crippen LogP contribution >= 0.6 is 43.2 Å². The van der Waals surface area contributed by atoms with Crippen LogP contribution in [0.2, 0.25) is 0 Å². The Kier molecular flexibility index (Phi) is 2.98. The van der Waals surface area contributed by atoms with Crippen LogP contribution in [-0.2, 0) is 7.05 Å². The van der Waals surface area contributed by atoms with Crippen LogP contribution in [0.3, 0.4) is 0 Å². The van der Waals surface area contributed by atoms with Crippen molar-refractivity contribution in [3.8, 4) is 0 Å². The number of rotatable bonds is 2. The summed E-state index contributed by atoms with van der Waals surface area (Å²) in [6.45, 7) is 0. The molecule has 2 heterocycles. The Bertz CT molecular complexity index is 521. The minimum Gasteiger partial charge on any atom is -0.285 e. The third-order valence-corrected chi connectivity index (χ3v) is 4.06. The molecule has 0 aliphatic heterocycles. The lowest BCUT2D eigenvalue weighted by Gasteiger charge is -1.95. The molecule has 2 rings (SSSR count). The lowest BCUT2D eigenvalue weighted by molar-refractivity contribution is 0.102. The predicted octanol–water partition coefficient (Wildman–Crippen LogP) is 2.03. The molecule has 78 valence electrons. The van der Waals surface area contributed by atoms with Gasteiger partial charge in [-0.15, -0.1) is 16.4 Å². The third-order valence-electron chi connectivity index (χ3n) is 1.72. The predicted molar refractivity (Wildman–Crippen MR) is 61.9 cm³/mol. The largest absolute Gasteiger partial charge is 0.285 e. The Labute approximate surface area is 106 Å². The first-order valence-corrected chi connectivity index (χ1v) is 6.21. The number of carbonyl (C=O) groups is 1. The molecule has 5 nitrogen and oxygen atoms in total. The maximum Gasteiger partial charge on any atom is 0.233 e. The molecule has 8 heteroatoms. The Morgan fingerprint density at radius 1 is 1.53 bits per heavy atom. The van der Waals surface area contributed by atoms with E-state index in [1.54, 1.807) is 13.1 Å². The summed E-state index contributed by atoms with van der Waals surface area (Å²) < 4.78 is 3.00. The first-order valence-electron chi connectivity index (χ1n) is 3.81. The van der Waals surface area contributed by atoms with Gasteiger partial charge in [-0.3, -0.25) is 4.79 Å². The van der Waals surface area contributed by atoms with E-state index in [2.05, 4.69) is 47.4 Å². The van der Waals surface area contributed by atoms with E-state index in [0.717, 1.165) is 7.57 Å². The van der Waals surface area contributed by atoms with Gasteiger partial charge in [-0.2, -0.15) is 0 Å². The van der Waals surface area contributed by atoms with Crippen molar-refractivity contribution in [3.63, 3.8) is 0 Å². The molecule has 0 saturated heterocycles. The van der Waals surface area contributed by atoms with Gasteiger partial charge in [-0.1, -0.05) is 0 Å².